The Bertz CT molecular complexity index is 407. The Labute approximate surface area is 91.9 Å². The Hall–Kier alpha value is -1.29. The fraction of sp³-hybridized carbons (Fsp3) is 0.300. The highest BCUT2D eigenvalue weighted by atomic mass is 35.5. The third kappa shape index (κ3) is 2.59. The zero-order valence-electron chi connectivity index (χ0n) is 8.40. The molecule has 1 aromatic carbocycles. The van der Waals surface area contributed by atoms with Crippen molar-refractivity contribution in [3.05, 3.63) is 28.0 Å². The zero-order valence-corrected chi connectivity index (χ0v) is 9.15. The standard InChI is InChI=1S/C10H11ClFNO2/c1-5-9(11)8(12)3-7(10(5)15)4-13-6(2)14/h3,15H,4H2,1-2H3,(H,13,14). The summed E-state index contributed by atoms with van der Waals surface area (Å²) in [5.74, 6) is -0.940. The van der Waals surface area contributed by atoms with Crippen molar-refractivity contribution in [2.45, 2.75) is 20.4 Å². The van der Waals surface area contributed by atoms with Crippen LogP contribution in [0.5, 0.6) is 5.75 Å². The van der Waals surface area contributed by atoms with Crippen molar-refractivity contribution in [1.29, 1.82) is 0 Å². The molecule has 0 saturated carbocycles. The predicted octanol–water partition coefficient (Wildman–Crippen LogP) is 2.13. The molecule has 0 unspecified atom stereocenters. The monoisotopic (exact) mass is 231 g/mol. The molecule has 0 spiro atoms. The molecular formula is C10H11ClFNO2. The van der Waals surface area contributed by atoms with Crippen LogP contribution in [0.1, 0.15) is 18.1 Å². The van der Waals surface area contributed by atoms with Crippen LogP contribution in [-0.4, -0.2) is 11.0 Å². The number of carbonyl (C=O) groups is 1. The third-order valence-electron chi connectivity index (χ3n) is 2.03. The number of phenolic OH excluding ortho intramolecular Hbond substituents is 1. The minimum Gasteiger partial charge on any atom is -0.507 e. The zero-order chi connectivity index (χ0) is 11.6. The second kappa shape index (κ2) is 4.49. The quantitative estimate of drug-likeness (QED) is 0.819. The normalized spacial score (nSPS) is 10.1. The van der Waals surface area contributed by atoms with Gasteiger partial charge in [-0.2, -0.15) is 0 Å². The van der Waals surface area contributed by atoms with Crippen LogP contribution in [0.2, 0.25) is 5.02 Å². The maximum atomic E-state index is 13.2. The van der Waals surface area contributed by atoms with Crippen molar-refractivity contribution in [3.8, 4) is 5.75 Å². The van der Waals surface area contributed by atoms with Gasteiger partial charge in [-0.3, -0.25) is 4.79 Å². The molecule has 0 aliphatic carbocycles. The number of carbonyl (C=O) groups excluding carboxylic acids is 1. The van der Waals surface area contributed by atoms with Gasteiger partial charge in [-0.25, -0.2) is 4.39 Å². The van der Waals surface area contributed by atoms with E-state index in [1.807, 2.05) is 0 Å². The van der Waals surface area contributed by atoms with Crippen LogP contribution in [0, 0.1) is 12.7 Å². The highest BCUT2D eigenvalue weighted by Crippen LogP contribution is 2.30. The molecule has 1 aromatic rings. The number of benzene rings is 1. The molecule has 0 aromatic heterocycles. The van der Waals surface area contributed by atoms with Gasteiger partial charge in [0, 0.05) is 24.6 Å². The molecule has 0 bridgehead atoms. The average molecular weight is 232 g/mol. The van der Waals surface area contributed by atoms with Crippen LogP contribution in [0.4, 0.5) is 4.39 Å². The van der Waals surface area contributed by atoms with Crippen molar-refractivity contribution >= 4 is 17.5 Å². The summed E-state index contributed by atoms with van der Waals surface area (Å²) in [6.45, 7) is 2.93. The lowest BCUT2D eigenvalue weighted by Crippen LogP contribution is -2.19. The van der Waals surface area contributed by atoms with E-state index in [0.29, 0.717) is 5.56 Å². The van der Waals surface area contributed by atoms with Gasteiger partial charge in [0.2, 0.25) is 5.91 Å². The van der Waals surface area contributed by atoms with Crippen LogP contribution in [-0.2, 0) is 11.3 Å². The second-order valence-corrected chi connectivity index (χ2v) is 3.59. The van der Waals surface area contributed by atoms with Crippen LogP contribution in [0.15, 0.2) is 6.07 Å². The Morgan fingerprint density at radius 3 is 2.80 bits per heavy atom. The van der Waals surface area contributed by atoms with E-state index in [1.54, 1.807) is 0 Å². The number of amides is 1. The van der Waals surface area contributed by atoms with E-state index >= 15 is 0 Å². The van der Waals surface area contributed by atoms with Crippen molar-refractivity contribution in [2.24, 2.45) is 0 Å². The minimum absolute atomic E-state index is 0.0795. The first kappa shape index (κ1) is 11.8. The Morgan fingerprint density at radius 1 is 1.67 bits per heavy atom. The van der Waals surface area contributed by atoms with E-state index in [-0.39, 0.29) is 28.8 Å². The molecule has 82 valence electrons. The molecule has 0 radical (unpaired) electrons. The molecule has 1 amide bonds. The highest BCUT2D eigenvalue weighted by molar-refractivity contribution is 6.31. The average Bonchev–Trinajstić information content (AvgIpc) is 2.18. The summed E-state index contributed by atoms with van der Waals surface area (Å²) in [6.07, 6.45) is 0. The molecule has 0 atom stereocenters. The van der Waals surface area contributed by atoms with Crippen LogP contribution < -0.4 is 5.32 Å². The van der Waals surface area contributed by atoms with Crippen molar-refractivity contribution < 1.29 is 14.3 Å². The minimum atomic E-state index is -0.604. The fourth-order valence-electron chi connectivity index (χ4n) is 1.16. The largest absolute Gasteiger partial charge is 0.507 e. The van der Waals surface area contributed by atoms with E-state index in [2.05, 4.69) is 5.32 Å². The maximum Gasteiger partial charge on any atom is 0.217 e. The number of halogens is 2. The van der Waals surface area contributed by atoms with Gasteiger partial charge < -0.3 is 10.4 Å². The van der Waals surface area contributed by atoms with E-state index in [0.717, 1.165) is 6.07 Å². The van der Waals surface area contributed by atoms with Gasteiger partial charge in [0.1, 0.15) is 11.6 Å². The first-order valence-electron chi connectivity index (χ1n) is 4.34. The number of hydrogen-bond donors (Lipinski definition) is 2. The van der Waals surface area contributed by atoms with Crippen LogP contribution in [0.3, 0.4) is 0 Å². The maximum absolute atomic E-state index is 13.2. The first-order valence-corrected chi connectivity index (χ1v) is 4.72. The van der Waals surface area contributed by atoms with Crippen LogP contribution in [0.25, 0.3) is 0 Å². The molecule has 0 heterocycles. The number of nitrogens with one attached hydrogen (secondary N) is 1. The van der Waals surface area contributed by atoms with E-state index in [9.17, 15) is 14.3 Å². The van der Waals surface area contributed by atoms with Crippen molar-refractivity contribution in [2.75, 3.05) is 0 Å². The number of rotatable bonds is 2. The third-order valence-corrected chi connectivity index (χ3v) is 2.49. The van der Waals surface area contributed by atoms with Gasteiger partial charge in [-0.15, -0.1) is 0 Å². The summed E-state index contributed by atoms with van der Waals surface area (Å²) < 4.78 is 13.2. The van der Waals surface area contributed by atoms with Gasteiger partial charge in [-0.05, 0) is 13.0 Å². The molecule has 1 rings (SSSR count). The summed E-state index contributed by atoms with van der Waals surface area (Å²) in [6, 6.07) is 1.11. The molecule has 0 aliphatic heterocycles. The number of hydrogen-bond acceptors (Lipinski definition) is 2. The molecule has 0 saturated heterocycles. The van der Waals surface area contributed by atoms with Gasteiger partial charge in [0.25, 0.3) is 0 Å². The number of aromatic hydroxyl groups is 1. The van der Waals surface area contributed by atoms with Gasteiger partial charge in [-0.1, -0.05) is 11.6 Å². The molecule has 0 fully saturated rings. The SMILES string of the molecule is CC(=O)NCc1cc(F)c(Cl)c(C)c1O. The molecule has 2 N–H and O–H groups in total. The summed E-state index contributed by atoms with van der Waals surface area (Å²) in [5.41, 5.74) is 0.585. The lowest BCUT2D eigenvalue weighted by molar-refractivity contribution is -0.119. The lowest BCUT2D eigenvalue weighted by Gasteiger charge is -2.09. The molecule has 3 nitrogen and oxygen atoms in total. The summed E-state index contributed by atoms with van der Waals surface area (Å²) in [5, 5.41) is 12.0. The van der Waals surface area contributed by atoms with E-state index in [4.69, 9.17) is 11.6 Å². The highest BCUT2D eigenvalue weighted by Gasteiger charge is 2.13. The van der Waals surface area contributed by atoms with Crippen LogP contribution >= 0.6 is 11.6 Å². The smallest absolute Gasteiger partial charge is 0.217 e. The molecule has 0 aliphatic rings. The summed E-state index contributed by atoms with van der Waals surface area (Å²) >= 11 is 5.60. The molecular weight excluding hydrogens is 221 g/mol. The van der Waals surface area contributed by atoms with Gasteiger partial charge in [0.05, 0.1) is 5.02 Å². The Kier molecular flexibility index (Phi) is 3.52. The van der Waals surface area contributed by atoms with Gasteiger partial charge >= 0.3 is 0 Å². The predicted molar refractivity (Wildman–Crippen MR) is 55.3 cm³/mol. The fourth-order valence-corrected chi connectivity index (χ4v) is 1.31. The number of phenols is 1. The van der Waals surface area contributed by atoms with Crippen molar-refractivity contribution in [1.82, 2.24) is 5.32 Å². The first-order chi connectivity index (χ1) is 6.93. The van der Waals surface area contributed by atoms with E-state index < -0.39 is 5.82 Å². The van der Waals surface area contributed by atoms with Gasteiger partial charge in [0.15, 0.2) is 0 Å². The molecule has 15 heavy (non-hydrogen) atoms. The van der Waals surface area contributed by atoms with Crippen molar-refractivity contribution in [3.63, 3.8) is 0 Å². The summed E-state index contributed by atoms with van der Waals surface area (Å²) in [7, 11) is 0. The second-order valence-electron chi connectivity index (χ2n) is 3.21. The summed E-state index contributed by atoms with van der Waals surface area (Å²) in [4.78, 5) is 10.7. The molecule has 5 heteroatoms. The Morgan fingerprint density at radius 2 is 2.27 bits per heavy atom. The lowest BCUT2D eigenvalue weighted by atomic mass is 10.1. The topological polar surface area (TPSA) is 49.3 Å². The Balaban J connectivity index is 3.04. The van der Waals surface area contributed by atoms with E-state index in [1.165, 1.54) is 13.8 Å².